The van der Waals surface area contributed by atoms with Crippen LogP contribution in [0.15, 0.2) is 53.4 Å². The summed E-state index contributed by atoms with van der Waals surface area (Å²) in [7, 11) is -3.76. The van der Waals surface area contributed by atoms with Crippen LogP contribution in [0.3, 0.4) is 0 Å². The van der Waals surface area contributed by atoms with Crippen molar-refractivity contribution in [1.29, 1.82) is 5.26 Å². The van der Waals surface area contributed by atoms with Gasteiger partial charge in [0.1, 0.15) is 6.42 Å². The van der Waals surface area contributed by atoms with Gasteiger partial charge in [-0.25, -0.2) is 13.6 Å². The zero-order chi connectivity index (χ0) is 20.0. The highest BCUT2D eigenvalue weighted by atomic mass is 32.2. The molecule has 9 heteroatoms. The van der Waals surface area contributed by atoms with E-state index in [2.05, 4.69) is 10.6 Å². The normalized spacial score (nSPS) is 11.9. The molecule has 0 heterocycles. The first-order chi connectivity index (χ1) is 12.7. The van der Waals surface area contributed by atoms with Gasteiger partial charge in [0.2, 0.25) is 15.9 Å². The molecule has 0 spiro atoms. The number of nitrogens with one attached hydrogen (secondary N) is 2. The van der Waals surface area contributed by atoms with Gasteiger partial charge in [-0.05, 0) is 48.9 Å². The number of nitriles is 1. The summed E-state index contributed by atoms with van der Waals surface area (Å²) in [6, 6.07) is 13.5. The fourth-order valence-electron chi connectivity index (χ4n) is 2.29. The Morgan fingerprint density at radius 3 is 2.22 bits per heavy atom. The maximum absolute atomic E-state index is 12.3. The van der Waals surface area contributed by atoms with Gasteiger partial charge >= 0.3 is 0 Å². The summed E-state index contributed by atoms with van der Waals surface area (Å²) in [6.07, 6.45) is -0.246. The second kappa shape index (κ2) is 8.44. The molecule has 4 N–H and O–H groups in total. The average molecular weight is 386 g/mol. The molecule has 8 nitrogen and oxygen atoms in total. The molecule has 0 bridgehead atoms. The molecule has 0 saturated heterocycles. The fraction of sp³-hybridized carbons (Fsp3) is 0.167. The molecule has 140 valence electrons. The summed E-state index contributed by atoms with van der Waals surface area (Å²) in [6.45, 7) is 1.76. The number of hydrogen-bond donors (Lipinski definition) is 3. The van der Waals surface area contributed by atoms with Crippen LogP contribution in [0, 0.1) is 11.3 Å². The molecule has 27 heavy (non-hydrogen) atoms. The molecule has 2 rings (SSSR count). The lowest BCUT2D eigenvalue weighted by molar-refractivity contribution is -0.115. The van der Waals surface area contributed by atoms with Crippen LogP contribution in [-0.4, -0.2) is 20.2 Å². The van der Waals surface area contributed by atoms with Gasteiger partial charge in [0.15, 0.2) is 0 Å². The summed E-state index contributed by atoms with van der Waals surface area (Å²) in [4.78, 5) is 23.7. The van der Waals surface area contributed by atoms with Crippen LogP contribution in [0.5, 0.6) is 0 Å². The molecule has 0 aromatic heterocycles. The van der Waals surface area contributed by atoms with Crippen molar-refractivity contribution in [3.63, 3.8) is 0 Å². The minimum atomic E-state index is -3.76. The maximum Gasteiger partial charge on any atom is 0.251 e. The van der Waals surface area contributed by atoms with Gasteiger partial charge in [-0.1, -0.05) is 12.1 Å². The molecule has 0 aliphatic carbocycles. The van der Waals surface area contributed by atoms with Crippen molar-refractivity contribution < 1.29 is 18.0 Å². The number of nitrogens with two attached hydrogens (primary N) is 1. The van der Waals surface area contributed by atoms with Gasteiger partial charge in [0, 0.05) is 11.3 Å². The quantitative estimate of drug-likeness (QED) is 0.692. The number of carbonyl (C=O) groups excluding carboxylic acids is 2. The van der Waals surface area contributed by atoms with Crippen LogP contribution < -0.4 is 15.8 Å². The molecular weight excluding hydrogens is 368 g/mol. The standard InChI is InChI=1S/C18H18N4O4S/c1-12(13-4-8-16(9-5-13)27(20,25)26)21-18(24)14-2-6-15(7-3-14)22-17(23)10-11-19/h2-9,12H,10H2,1H3,(H,21,24)(H,22,23)(H2,20,25,26)/t12-/m1/s1. The first-order valence-electron chi connectivity index (χ1n) is 7.91. The van der Waals surface area contributed by atoms with Crippen LogP contribution in [-0.2, 0) is 14.8 Å². The third-order valence-corrected chi connectivity index (χ3v) is 4.66. The highest BCUT2D eigenvalue weighted by molar-refractivity contribution is 7.89. The summed E-state index contributed by atoms with van der Waals surface area (Å²) >= 11 is 0. The van der Waals surface area contributed by atoms with E-state index in [0.717, 1.165) is 5.56 Å². The van der Waals surface area contributed by atoms with E-state index in [1.807, 2.05) is 0 Å². The minimum Gasteiger partial charge on any atom is -0.346 e. The summed E-state index contributed by atoms with van der Waals surface area (Å²) < 4.78 is 22.5. The number of primary sulfonamides is 1. The highest BCUT2D eigenvalue weighted by Crippen LogP contribution is 2.17. The Morgan fingerprint density at radius 1 is 1.11 bits per heavy atom. The highest BCUT2D eigenvalue weighted by Gasteiger charge is 2.13. The molecule has 1 atom stereocenters. The fourth-order valence-corrected chi connectivity index (χ4v) is 2.81. The Bertz CT molecular complexity index is 978. The lowest BCUT2D eigenvalue weighted by atomic mass is 10.1. The van der Waals surface area contributed by atoms with E-state index in [-0.39, 0.29) is 23.3 Å². The Kier molecular flexibility index (Phi) is 6.28. The number of anilines is 1. The third kappa shape index (κ3) is 5.64. The Hall–Kier alpha value is -3.22. The molecule has 0 aliphatic rings. The van der Waals surface area contributed by atoms with Crippen molar-refractivity contribution >= 4 is 27.5 Å². The van der Waals surface area contributed by atoms with Crippen molar-refractivity contribution in [2.75, 3.05) is 5.32 Å². The number of nitrogens with zero attached hydrogens (tertiary/aromatic N) is 1. The van der Waals surface area contributed by atoms with Crippen LogP contribution in [0.4, 0.5) is 5.69 Å². The molecular formula is C18H18N4O4S. The Morgan fingerprint density at radius 2 is 1.70 bits per heavy atom. The third-order valence-electron chi connectivity index (χ3n) is 3.73. The zero-order valence-corrected chi connectivity index (χ0v) is 15.3. The van der Waals surface area contributed by atoms with E-state index in [1.54, 1.807) is 49.4 Å². The lowest BCUT2D eigenvalue weighted by Crippen LogP contribution is -2.26. The van der Waals surface area contributed by atoms with Gasteiger partial charge in [0.05, 0.1) is 17.0 Å². The van der Waals surface area contributed by atoms with Gasteiger partial charge in [0.25, 0.3) is 5.91 Å². The maximum atomic E-state index is 12.3. The minimum absolute atomic E-state index is 0.00110. The summed E-state index contributed by atoms with van der Waals surface area (Å²) in [5.41, 5.74) is 1.59. The first kappa shape index (κ1) is 20.1. The number of hydrogen-bond acceptors (Lipinski definition) is 5. The van der Waals surface area contributed by atoms with E-state index in [9.17, 15) is 18.0 Å². The van der Waals surface area contributed by atoms with Crippen LogP contribution in [0.2, 0.25) is 0 Å². The van der Waals surface area contributed by atoms with Crippen LogP contribution in [0.1, 0.15) is 35.3 Å². The number of sulfonamides is 1. The van der Waals surface area contributed by atoms with Gasteiger partial charge in [-0.2, -0.15) is 5.26 Å². The van der Waals surface area contributed by atoms with Crippen molar-refractivity contribution in [2.24, 2.45) is 5.14 Å². The predicted molar refractivity (Wildman–Crippen MR) is 99.0 cm³/mol. The number of rotatable bonds is 6. The number of benzene rings is 2. The van der Waals surface area contributed by atoms with Gasteiger partial charge in [-0.15, -0.1) is 0 Å². The molecule has 0 fully saturated rings. The second-order valence-electron chi connectivity index (χ2n) is 5.77. The first-order valence-corrected chi connectivity index (χ1v) is 9.46. The lowest BCUT2D eigenvalue weighted by Gasteiger charge is -2.15. The topological polar surface area (TPSA) is 142 Å². The number of amides is 2. The second-order valence-corrected chi connectivity index (χ2v) is 7.33. The monoisotopic (exact) mass is 386 g/mol. The predicted octanol–water partition coefficient (Wildman–Crippen LogP) is 1.68. The molecule has 0 unspecified atom stereocenters. The molecule has 0 saturated carbocycles. The van der Waals surface area contributed by atoms with Gasteiger partial charge < -0.3 is 10.6 Å². The summed E-state index contributed by atoms with van der Waals surface area (Å²) in [5.74, 6) is -0.751. The molecule has 2 amide bonds. The van der Waals surface area contributed by atoms with Crippen LogP contribution in [0.25, 0.3) is 0 Å². The van der Waals surface area contributed by atoms with E-state index in [1.165, 1.54) is 12.1 Å². The van der Waals surface area contributed by atoms with E-state index in [0.29, 0.717) is 11.3 Å². The molecule has 2 aromatic rings. The van der Waals surface area contributed by atoms with Crippen molar-refractivity contribution in [3.05, 3.63) is 59.7 Å². The molecule has 0 aliphatic heterocycles. The van der Waals surface area contributed by atoms with Crippen molar-refractivity contribution in [1.82, 2.24) is 5.32 Å². The van der Waals surface area contributed by atoms with E-state index >= 15 is 0 Å². The van der Waals surface area contributed by atoms with E-state index < -0.39 is 15.9 Å². The average Bonchev–Trinajstić information content (AvgIpc) is 2.61. The Labute approximate surface area is 157 Å². The van der Waals surface area contributed by atoms with Crippen molar-refractivity contribution in [2.45, 2.75) is 24.3 Å². The van der Waals surface area contributed by atoms with Gasteiger partial charge in [-0.3, -0.25) is 9.59 Å². The van der Waals surface area contributed by atoms with Crippen molar-refractivity contribution in [3.8, 4) is 6.07 Å². The summed E-state index contributed by atoms with van der Waals surface area (Å²) in [5, 5.41) is 18.9. The Balaban J connectivity index is 2.02. The largest absolute Gasteiger partial charge is 0.346 e. The van der Waals surface area contributed by atoms with E-state index in [4.69, 9.17) is 10.4 Å². The number of carbonyl (C=O) groups is 2. The zero-order valence-electron chi connectivity index (χ0n) is 14.5. The molecule has 0 radical (unpaired) electrons. The SMILES string of the molecule is C[C@@H](NC(=O)c1ccc(NC(=O)CC#N)cc1)c1ccc(S(N)(=O)=O)cc1. The van der Waals surface area contributed by atoms with Crippen LogP contribution >= 0.6 is 0 Å². The molecule has 2 aromatic carbocycles. The smallest absolute Gasteiger partial charge is 0.251 e.